The van der Waals surface area contributed by atoms with Gasteiger partial charge in [0.25, 0.3) is 0 Å². The van der Waals surface area contributed by atoms with Gasteiger partial charge in [-0.25, -0.2) is 0 Å². The molecule has 0 fully saturated rings. The van der Waals surface area contributed by atoms with Crippen molar-refractivity contribution in [3.05, 3.63) is 52.1 Å². The summed E-state index contributed by atoms with van der Waals surface area (Å²) in [7, 11) is 1.73. The summed E-state index contributed by atoms with van der Waals surface area (Å²) in [6.45, 7) is 7.72. The van der Waals surface area contributed by atoms with E-state index in [9.17, 15) is 0 Å². The highest BCUT2D eigenvalue weighted by Gasteiger charge is 2.35. The summed E-state index contributed by atoms with van der Waals surface area (Å²) in [5, 5.41) is 0. The van der Waals surface area contributed by atoms with Crippen molar-refractivity contribution in [3.63, 3.8) is 0 Å². The van der Waals surface area contributed by atoms with Crippen LogP contribution in [0.15, 0.2) is 46.6 Å². The zero-order valence-electron chi connectivity index (χ0n) is 15.2. The Morgan fingerprint density at radius 1 is 1.17 bits per heavy atom. The number of benzene rings is 1. The van der Waals surface area contributed by atoms with Crippen LogP contribution in [0.2, 0.25) is 0 Å². The molecule has 4 rings (SSSR count). The molecule has 0 aromatic heterocycles. The standard InChI is InChI=1S/C22H26O2/c1-14-7-9-19-16(6-5-11-22(19,2)3)21-17-12-15(23-4)8-10-20(17)24-13-18(14)21/h7-8,10,12H,5-6,9,11,13H2,1-4H3. The molecule has 24 heavy (non-hydrogen) atoms. The van der Waals surface area contributed by atoms with E-state index < -0.39 is 0 Å². The van der Waals surface area contributed by atoms with E-state index >= 15 is 0 Å². The minimum Gasteiger partial charge on any atom is -0.497 e. The summed E-state index contributed by atoms with van der Waals surface area (Å²) >= 11 is 0. The maximum atomic E-state index is 6.07. The van der Waals surface area contributed by atoms with Crippen molar-refractivity contribution in [2.45, 2.75) is 46.5 Å². The Morgan fingerprint density at radius 2 is 2.00 bits per heavy atom. The van der Waals surface area contributed by atoms with Crippen LogP contribution in [0.4, 0.5) is 0 Å². The molecule has 0 saturated heterocycles. The number of hydrogen-bond donors (Lipinski definition) is 0. The summed E-state index contributed by atoms with van der Waals surface area (Å²) in [6, 6.07) is 6.19. The molecule has 1 aliphatic heterocycles. The fourth-order valence-electron chi connectivity index (χ4n) is 4.47. The zero-order valence-corrected chi connectivity index (χ0v) is 15.2. The SMILES string of the molecule is COc1ccc2c(c1)C1=C(CO2)C(C)=CCC2=C1CCCC2(C)C. The topological polar surface area (TPSA) is 18.5 Å². The first-order valence-electron chi connectivity index (χ1n) is 8.95. The van der Waals surface area contributed by atoms with Crippen molar-refractivity contribution in [3.8, 4) is 11.5 Å². The van der Waals surface area contributed by atoms with E-state index in [-0.39, 0.29) is 5.41 Å². The summed E-state index contributed by atoms with van der Waals surface area (Å²) in [4.78, 5) is 0. The average Bonchev–Trinajstić information content (AvgIpc) is 2.72. The second-order valence-corrected chi connectivity index (χ2v) is 7.79. The lowest BCUT2D eigenvalue weighted by Crippen LogP contribution is -2.22. The molecule has 0 saturated carbocycles. The van der Waals surface area contributed by atoms with E-state index in [1.807, 2.05) is 6.07 Å². The van der Waals surface area contributed by atoms with Crippen molar-refractivity contribution in [1.29, 1.82) is 0 Å². The predicted molar refractivity (Wildman–Crippen MR) is 98.4 cm³/mol. The molecule has 0 unspecified atom stereocenters. The van der Waals surface area contributed by atoms with Gasteiger partial charge >= 0.3 is 0 Å². The molecule has 0 N–H and O–H groups in total. The molecule has 2 aliphatic carbocycles. The third kappa shape index (κ3) is 2.31. The number of rotatable bonds is 1. The molecule has 1 heterocycles. The smallest absolute Gasteiger partial charge is 0.127 e. The monoisotopic (exact) mass is 322 g/mol. The number of allylic oxidation sites excluding steroid dienone is 4. The van der Waals surface area contributed by atoms with Crippen LogP contribution in [-0.2, 0) is 0 Å². The number of fused-ring (bicyclic) bond motifs is 3. The minimum absolute atomic E-state index is 0.282. The van der Waals surface area contributed by atoms with E-state index in [2.05, 4.69) is 39.0 Å². The van der Waals surface area contributed by atoms with E-state index in [4.69, 9.17) is 9.47 Å². The second kappa shape index (κ2) is 5.54. The van der Waals surface area contributed by atoms with Crippen LogP contribution >= 0.6 is 0 Å². The van der Waals surface area contributed by atoms with Gasteiger partial charge in [0.05, 0.1) is 7.11 Å². The van der Waals surface area contributed by atoms with E-state index in [1.165, 1.54) is 41.5 Å². The molecular formula is C22H26O2. The Hall–Kier alpha value is -1.96. The lowest BCUT2D eigenvalue weighted by Gasteiger charge is -2.36. The van der Waals surface area contributed by atoms with Gasteiger partial charge in [-0.15, -0.1) is 0 Å². The third-order valence-corrected chi connectivity index (χ3v) is 5.93. The molecule has 0 atom stereocenters. The fraction of sp³-hybridized carbons (Fsp3) is 0.455. The van der Waals surface area contributed by atoms with Gasteiger partial charge < -0.3 is 9.47 Å². The number of methoxy groups -OCH3 is 1. The molecule has 1 aromatic carbocycles. The minimum atomic E-state index is 0.282. The summed E-state index contributed by atoms with van der Waals surface area (Å²) < 4.78 is 11.6. The predicted octanol–water partition coefficient (Wildman–Crippen LogP) is 5.70. The van der Waals surface area contributed by atoms with Crippen molar-refractivity contribution in [2.24, 2.45) is 5.41 Å². The molecule has 0 radical (unpaired) electrons. The molecule has 3 aliphatic rings. The Morgan fingerprint density at radius 3 is 2.79 bits per heavy atom. The third-order valence-electron chi connectivity index (χ3n) is 5.93. The van der Waals surface area contributed by atoms with E-state index in [1.54, 1.807) is 18.3 Å². The van der Waals surface area contributed by atoms with E-state index in [0.717, 1.165) is 17.9 Å². The van der Waals surface area contributed by atoms with Crippen molar-refractivity contribution in [1.82, 2.24) is 0 Å². The number of ether oxygens (including phenoxy) is 2. The highest BCUT2D eigenvalue weighted by molar-refractivity contribution is 5.90. The van der Waals surface area contributed by atoms with Gasteiger partial charge in [0.1, 0.15) is 18.1 Å². The van der Waals surface area contributed by atoms with Gasteiger partial charge in [-0.3, -0.25) is 0 Å². The highest BCUT2D eigenvalue weighted by Crippen LogP contribution is 2.52. The highest BCUT2D eigenvalue weighted by atomic mass is 16.5. The van der Waals surface area contributed by atoms with Crippen LogP contribution in [0.3, 0.4) is 0 Å². The lowest BCUT2D eigenvalue weighted by atomic mass is 9.69. The maximum Gasteiger partial charge on any atom is 0.127 e. The van der Waals surface area contributed by atoms with E-state index in [0.29, 0.717) is 6.61 Å². The Bertz CT molecular complexity index is 790. The Balaban J connectivity index is 1.99. The average molecular weight is 322 g/mol. The normalized spacial score (nSPS) is 21.9. The van der Waals surface area contributed by atoms with Crippen LogP contribution < -0.4 is 9.47 Å². The van der Waals surface area contributed by atoms with Gasteiger partial charge in [0.15, 0.2) is 0 Å². The molecule has 2 nitrogen and oxygen atoms in total. The van der Waals surface area contributed by atoms with Crippen LogP contribution in [0, 0.1) is 5.41 Å². The zero-order chi connectivity index (χ0) is 16.9. The summed E-state index contributed by atoms with van der Waals surface area (Å²) in [5.74, 6) is 1.88. The lowest BCUT2D eigenvalue weighted by molar-refractivity contribution is 0.345. The van der Waals surface area contributed by atoms with Crippen molar-refractivity contribution >= 4 is 5.57 Å². The quantitative estimate of drug-likeness (QED) is 0.660. The first-order chi connectivity index (χ1) is 11.5. The second-order valence-electron chi connectivity index (χ2n) is 7.79. The first kappa shape index (κ1) is 15.6. The molecular weight excluding hydrogens is 296 g/mol. The molecule has 0 spiro atoms. The molecule has 0 amide bonds. The number of hydrogen-bond acceptors (Lipinski definition) is 2. The molecule has 0 bridgehead atoms. The van der Waals surface area contributed by atoms with Gasteiger partial charge in [0.2, 0.25) is 0 Å². The Kier molecular flexibility index (Phi) is 3.59. The maximum absolute atomic E-state index is 6.07. The summed E-state index contributed by atoms with van der Waals surface area (Å²) in [6.07, 6.45) is 7.19. The van der Waals surface area contributed by atoms with Gasteiger partial charge in [0, 0.05) is 11.1 Å². The summed E-state index contributed by atoms with van der Waals surface area (Å²) in [5.41, 5.74) is 8.81. The first-order valence-corrected chi connectivity index (χ1v) is 8.95. The largest absolute Gasteiger partial charge is 0.497 e. The molecule has 126 valence electrons. The molecule has 2 heteroatoms. The van der Waals surface area contributed by atoms with Gasteiger partial charge in [-0.2, -0.15) is 0 Å². The van der Waals surface area contributed by atoms with Crippen LogP contribution in [0.25, 0.3) is 5.57 Å². The van der Waals surface area contributed by atoms with Crippen molar-refractivity contribution < 1.29 is 9.47 Å². The van der Waals surface area contributed by atoms with Crippen LogP contribution in [-0.4, -0.2) is 13.7 Å². The fourth-order valence-corrected chi connectivity index (χ4v) is 4.47. The van der Waals surface area contributed by atoms with Crippen molar-refractivity contribution in [2.75, 3.05) is 13.7 Å². The van der Waals surface area contributed by atoms with Crippen LogP contribution in [0.1, 0.15) is 52.0 Å². The molecule has 1 aromatic rings. The van der Waals surface area contributed by atoms with Crippen LogP contribution in [0.5, 0.6) is 11.5 Å². The van der Waals surface area contributed by atoms with Gasteiger partial charge in [-0.05, 0) is 72.9 Å². The Labute approximate surface area is 144 Å². The van der Waals surface area contributed by atoms with Gasteiger partial charge in [-0.1, -0.05) is 25.5 Å².